The predicted molar refractivity (Wildman–Crippen MR) is 64.2 cm³/mol. The number of carbonyl (C=O) groups excluding carboxylic acids is 1. The van der Waals surface area contributed by atoms with Crippen molar-refractivity contribution >= 4 is 5.91 Å². The molecule has 1 aromatic carbocycles. The number of rotatable bonds is 5. The van der Waals surface area contributed by atoms with E-state index in [9.17, 15) is 4.79 Å². The third-order valence-corrected chi connectivity index (χ3v) is 2.41. The molecule has 0 aliphatic heterocycles. The number of aliphatic hydroxyl groups excluding tert-OH is 1. The van der Waals surface area contributed by atoms with Gasteiger partial charge in [-0.05, 0) is 31.0 Å². The number of nitriles is 1. The minimum absolute atomic E-state index is 0.0530. The molecule has 0 bridgehead atoms. The monoisotopic (exact) mass is 232 g/mol. The highest BCUT2D eigenvalue weighted by Crippen LogP contribution is 2.05. The van der Waals surface area contributed by atoms with E-state index in [1.54, 1.807) is 19.1 Å². The molecule has 0 aromatic heterocycles. The molecule has 90 valence electrons. The maximum atomic E-state index is 11.4. The summed E-state index contributed by atoms with van der Waals surface area (Å²) in [5.41, 5.74) is 1.64. The second kappa shape index (κ2) is 6.66. The molecule has 1 atom stereocenters. The third kappa shape index (κ3) is 4.66. The average Bonchev–Trinajstić information content (AvgIpc) is 2.36. The number of amides is 1. The van der Waals surface area contributed by atoms with Gasteiger partial charge in [-0.2, -0.15) is 5.26 Å². The van der Waals surface area contributed by atoms with E-state index < -0.39 is 0 Å². The lowest BCUT2D eigenvalue weighted by atomic mass is 10.1. The number of hydrogen-bond donors (Lipinski definition) is 2. The van der Waals surface area contributed by atoms with Crippen LogP contribution in [0.1, 0.15) is 24.5 Å². The van der Waals surface area contributed by atoms with Crippen molar-refractivity contribution in [3.05, 3.63) is 35.4 Å². The van der Waals surface area contributed by atoms with Crippen LogP contribution in [0.5, 0.6) is 0 Å². The van der Waals surface area contributed by atoms with E-state index in [0.29, 0.717) is 18.4 Å². The fourth-order valence-electron chi connectivity index (χ4n) is 1.40. The lowest BCUT2D eigenvalue weighted by Gasteiger charge is -2.10. The first-order valence-corrected chi connectivity index (χ1v) is 5.55. The van der Waals surface area contributed by atoms with E-state index in [1.165, 1.54) is 0 Å². The van der Waals surface area contributed by atoms with Gasteiger partial charge in [-0.25, -0.2) is 0 Å². The molecule has 1 unspecified atom stereocenters. The summed E-state index contributed by atoms with van der Waals surface area (Å²) in [5, 5.41) is 20.1. The lowest BCUT2D eigenvalue weighted by molar-refractivity contribution is -0.121. The molecule has 0 radical (unpaired) electrons. The summed E-state index contributed by atoms with van der Waals surface area (Å²) in [6.45, 7) is 1.70. The van der Waals surface area contributed by atoms with Crippen molar-refractivity contribution in [3.63, 3.8) is 0 Å². The molecule has 0 aliphatic rings. The second-order valence-electron chi connectivity index (χ2n) is 3.96. The third-order valence-electron chi connectivity index (χ3n) is 2.41. The van der Waals surface area contributed by atoms with Gasteiger partial charge in [0.1, 0.15) is 0 Å². The van der Waals surface area contributed by atoms with Crippen LogP contribution in [0.15, 0.2) is 24.3 Å². The number of hydrogen-bond acceptors (Lipinski definition) is 3. The van der Waals surface area contributed by atoms with Gasteiger partial charge in [0.15, 0.2) is 0 Å². The normalized spacial score (nSPS) is 11.6. The highest BCUT2D eigenvalue weighted by Gasteiger charge is 2.06. The van der Waals surface area contributed by atoms with Gasteiger partial charge in [0.25, 0.3) is 0 Å². The van der Waals surface area contributed by atoms with Crippen molar-refractivity contribution in [2.45, 2.75) is 25.8 Å². The first-order valence-electron chi connectivity index (χ1n) is 5.55. The van der Waals surface area contributed by atoms with Crippen molar-refractivity contribution in [2.24, 2.45) is 0 Å². The van der Waals surface area contributed by atoms with E-state index in [2.05, 4.69) is 5.32 Å². The van der Waals surface area contributed by atoms with Gasteiger partial charge >= 0.3 is 0 Å². The van der Waals surface area contributed by atoms with Crippen LogP contribution in [0.4, 0.5) is 0 Å². The predicted octanol–water partition coefficient (Wildman–Crippen LogP) is 0.988. The number of carbonyl (C=O) groups is 1. The van der Waals surface area contributed by atoms with Crippen molar-refractivity contribution in [3.8, 4) is 6.07 Å². The summed E-state index contributed by atoms with van der Waals surface area (Å²) in [7, 11) is 0. The summed E-state index contributed by atoms with van der Waals surface area (Å²) < 4.78 is 0. The fourth-order valence-corrected chi connectivity index (χ4v) is 1.40. The van der Waals surface area contributed by atoms with Crippen LogP contribution in [0.2, 0.25) is 0 Å². The molecule has 4 nitrogen and oxygen atoms in total. The smallest absolute Gasteiger partial charge is 0.220 e. The van der Waals surface area contributed by atoms with Crippen LogP contribution in [0.25, 0.3) is 0 Å². The first-order chi connectivity index (χ1) is 8.15. The van der Waals surface area contributed by atoms with Gasteiger partial charge < -0.3 is 10.4 Å². The number of benzene rings is 1. The summed E-state index contributed by atoms with van der Waals surface area (Å²) in [5.74, 6) is -0.0732. The standard InChI is InChI=1S/C13H16N2O2/c1-10(9-16)15-13(17)7-6-11-2-4-12(8-14)5-3-11/h2-5,10,16H,6-7,9H2,1H3,(H,15,17). The minimum atomic E-state index is -0.205. The van der Waals surface area contributed by atoms with Crippen molar-refractivity contribution in [1.29, 1.82) is 5.26 Å². The maximum absolute atomic E-state index is 11.4. The van der Waals surface area contributed by atoms with E-state index in [1.807, 2.05) is 18.2 Å². The van der Waals surface area contributed by atoms with Crippen LogP contribution >= 0.6 is 0 Å². The molecule has 0 saturated carbocycles. The average molecular weight is 232 g/mol. The van der Waals surface area contributed by atoms with Crippen LogP contribution in [0.3, 0.4) is 0 Å². The Bertz CT molecular complexity index is 406. The van der Waals surface area contributed by atoms with E-state index in [0.717, 1.165) is 5.56 Å². The Balaban J connectivity index is 2.40. The lowest BCUT2D eigenvalue weighted by Crippen LogP contribution is -2.35. The molecule has 1 rings (SSSR count). The number of aryl methyl sites for hydroxylation is 1. The summed E-state index contributed by atoms with van der Waals surface area (Å²) in [6.07, 6.45) is 1.02. The first kappa shape index (κ1) is 13.2. The Labute approximate surface area is 101 Å². The second-order valence-corrected chi connectivity index (χ2v) is 3.96. The summed E-state index contributed by atoms with van der Waals surface area (Å²) in [6, 6.07) is 9.02. The summed E-state index contributed by atoms with van der Waals surface area (Å²) in [4.78, 5) is 11.4. The molecule has 2 N–H and O–H groups in total. The van der Waals surface area contributed by atoms with Crippen LogP contribution in [-0.4, -0.2) is 23.7 Å². The quantitative estimate of drug-likeness (QED) is 0.795. The zero-order valence-corrected chi connectivity index (χ0v) is 9.81. The van der Waals surface area contributed by atoms with Gasteiger partial charge in [-0.15, -0.1) is 0 Å². The van der Waals surface area contributed by atoms with Gasteiger partial charge in [0.05, 0.1) is 18.2 Å². The zero-order valence-electron chi connectivity index (χ0n) is 9.81. The SMILES string of the molecule is CC(CO)NC(=O)CCc1ccc(C#N)cc1. The van der Waals surface area contributed by atoms with E-state index >= 15 is 0 Å². The van der Waals surface area contributed by atoms with Crippen LogP contribution < -0.4 is 5.32 Å². The van der Waals surface area contributed by atoms with Gasteiger partial charge in [-0.3, -0.25) is 4.79 Å². The Morgan fingerprint density at radius 3 is 2.65 bits per heavy atom. The Kier molecular flexibility index (Phi) is 5.18. The van der Waals surface area contributed by atoms with Gasteiger partial charge in [0, 0.05) is 12.5 Å². The highest BCUT2D eigenvalue weighted by atomic mass is 16.3. The number of nitrogens with one attached hydrogen (secondary N) is 1. The summed E-state index contributed by atoms with van der Waals surface area (Å²) >= 11 is 0. The number of nitrogens with zero attached hydrogens (tertiary/aromatic N) is 1. The van der Waals surface area contributed by atoms with Crippen molar-refractivity contribution in [1.82, 2.24) is 5.32 Å². The Hall–Kier alpha value is -1.86. The molecular formula is C13H16N2O2. The maximum Gasteiger partial charge on any atom is 0.220 e. The molecule has 0 aliphatic carbocycles. The van der Waals surface area contributed by atoms with Gasteiger partial charge in [-0.1, -0.05) is 12.1 Å². The molecule has 4 heteroatoms. The Morgan fingerprint density at radius 1 is 1.47 bits per heavy atom. The van der Waals surface area contributed by atoms with E-state index in [4.69, 9.17) is 10.4 Å². The molecule has 0 heterocycles. The topological polar surface area (TPSA) is 73.1 Å². The van der Waals surface area contributed by atoms with E-state index in [-0.39, 0.29) is 18.6 Å². The molecule has 0 saturated heterocycles. The highest BCUT2D eigenvalue weighted by molar-refractivity contribution is 5.76. The largest absolute Gasteiger partial charge is 0.394 e. The molecule has 1 aromatic rings. The van der Waals surface area contributed by atoms with Crippen molar-refractivity contribution < 1.29 is 9.90 Å². The molecule has 1 amide bonds. The zero-order chi connectivity index (χ0) is 12.7. The molecule has 0 fully saturated rings. The Morgan fingerprint density at radius 2 is 2.12 bits per heavy atom. The molecular weight excluding hydrogens is 216 g/mol. The molecule has 17 heavy (non-hydrogen) atoms. The van der Waals surface area contributed by atoms with Crippen LogP contribution in [0, 0.1) is 11.3 Å². The van der Waals surface area contributed by atoms with Crippen LogP contribution in [-0.2, 0) is 11.2 Å². The van der Waals surface area contributed by atoms with Crippen molar-refractivity contribution in [2.75, 3.05) is 6.61 Å². The molecule has 0 spiro atoms. The van der Waals surface area contributed by atoms with Gasteiger partial charge in [0.2, 0.25) is 5.91 Å². The minimum Gasteiger partial charge on any atom is -0.394 e. The fraction of sp³-hybridized carbons (Fsp3) is 0.385. The number of aliphatic hydroxyl groups is 1.